The summed E-state index contributed by atoms with van der Waals surface area (Å²) in [6.07, 6.45) is 2.99. The van der Waals surface area contributed by atoms with Gasteiger partial charge in [0.2, 0.25) is 0 Å². The molecule has 0 bridgehead atoms. The van der Waals surface area contributed by atoms with E-state index >= 15 is 0 Å². The Morgan fingerprint density at radius 1 is 1.35 bits per heavy atom. The maximum absolute atomic E-state index is 12.0. The van der Waals surface area contributed by atoms with Crippen molar-refractivity contribution in [2.75, 3.05) is 13.1 Å². The zero-order valence-electron chi connectivity index (χ0n) is 10.2. The van der Waals surface area contributed by atoms with Gasteiger partial charge in [-0.05, 0) is 44.8 Å². The third-order valence-electron chi connectivity index (χ3n) is 3.27. The highest BCUT2D eigenvalue weighted by Gasteiger charge is 2.17. The van der Waals surface area contributed by atoms with Crippen LogP contribution >= 0.6 is 17.0 Å². The first-order valence-corrected chi connectivity index (χ1v) is 6.06. The Bertz CT molecular complexity index is 372. The quantitative estimate of drug-likeness (QED) is 0.869. The van der Waals surface area contributed by atoms with Crippen LogP contribution in [0.4, 0.5) is 0 Å². The van der Waals surface area contributed by atoms with Gasteiger partial charge in [0.05, 0.1) is 0 Å². The number of carbonyl (C=O) groups excluding carboxylic acids is 1. The minimum Gasteiger partial charge on any atom is -0.317 e. The number of ketones is 1. The summed E-state index contributed by atoms with van der Waals surface area (Å²) in [6.45, 7) is 4.15. The van der Waals surface area contributed by atoms with Crippen LogP contribution in [0.15, 0.2) is 24.3 Å². The third kappa shape index (κ3) is 4.25. The molecule has 2 rings (SSSR count). The van der Waals surface area contributed by atoms with Gasteiger partial charge in [0, 0.05) is 12.0 Å². The average Bonchev–Trinajstić information content (AvgIpc) is 2.30. The van der Waals surface area contributed by atoms with Crippen molar-refractivity contribution in [3.8, 4) is 0 Å². The molecule has 0 amide bonds. The van der Waals surface area contributed by atoms with Gasteiger partial charge in [0.15, 0.2) is 5.78 Å². The lowest BCUT2D eigenvalue weighted by Gasteiger charge is -2.21. The molecule has 1 N–H and O–H groups in total. The van der Waals surface area contributed by atoms with E-state index in [2.05, 4.69) is 5.32 Å². The van der Waals surface area contributed by atoms with Crippen molar-refractivity contribution in [1.29, 1.82) is 0 Å². The molecule has 3 heteroatoms. The van der Waals surface area contributed by atoms with Crippen molar-refractivity contribution in [3.05, 3.63) is 35.4 Å². The van der Waals surface area contributed by atoms with E-state index in [0.717, 1.165) is 37.1 Å². The van der Waals surface area contributed by atoms with Gasteiger partial charge < -0.3 is 5.32 Å². The van der Waals surface area contributed by atoms with Gasteiger partial charge in [-0.15, -0.1) is 17.0 Å². The molecule has 0 atom stereocenters. The zero-order chi connectivity index (χ0) is 11.4. The lowest BCUT2D eigenvalue weighted by atomic mass is 9.90. The predicted molar refractivity (Wildman–Crippen MR) is 76.0 cm³/mol. The Morgan fingerprint density at radius 2 is 2.06 bits per heavy atom. The molecular formula is C14H20BrNO. The standard InChI is InChI=1S/C14H19NO.BrH/c1-11-3-2-4-13(9-11)14(16)10-12-5-7-15-8-6-12;/h2-4,9,12,15H,5-8,10H2,1H3;1H. The van der Waals surface area contributed by atoms with Crippen molar-refractivity contribution in [1.82, 2.24) is 5.32 Å². The molecule has 1 fully saturated rings. The van der Waals surface area contributed by atoms with E-state index in [1.54, 1.807) is 0 Å². The maximum atomic E-state index is 12.0. The van der Waals surface area contributed by atoms with Crippen molar-refractivity contribution in [2.45, 2.75) is 26.2 Å². The lowest BCUT2D eigenvalue weighted by molar-refractivity contribution is 0.0952. The molecule has 1 aromatic carbocycles. The molecule has 2 nitrogen and oxygen atoms in total. The van der Waals surface area contributed by atoms with Crippen LogP contribution in [-0.2, 0) is 0 Å². The number of hydrogen-bond donors (Lipinski definition) is 1. The summed E-state index contributed by atoms with van der Waals surface area (Å²) in [6, 6.07) is 7.91. The van der Waals surface area contributed by atoms with Crippen LogP contribution in [0.5, 0.6) is 0 Å². The summed E-state index contributed by atoms with van der Waals surface area (Å²) in [5.41, 5.74) is 2.04. The number of halogens is 1. The Morgan fingerprint density at radius 3 is 2.71 bits per heavy atom. The Kier molecular flexibility index (Phi) is 5.86. The number of Topliss-reactive ketones (excluding diaryl/α,β-unsaturated/α-hetero) is 1. The molecule has 1 heterocycles. The van der Waals surface area contributed by atoms with E-state index in [9.17, 15) is 4.79 Å². The molecule has 17 heavy (non-hydrogen) atoms. The second-order valence-electron chi connectivity index (χ2n) is 4.69. The van der Waals surface area contributed by atoms with Crippen molar-refractivity contribution < 1.29 is 4.79 Å². The second-order valence-corrected chi connectivity index (χ2v) is 4.69. The Balaban J connectivity index is 0.00000144. The van der Waals surface area contributed by atoms with Crippen LogP contribution in [-0.4, -0.2) is 18.9 Å². The highest BCUT2D eigenvalue weighted by molar-refractivity contribution is 8.93. The van der Waals surface area contributed by atoms with E-state index in [1.165, 1.54) is 0 Å². The fourth-order valence-electron chi connectivity index (χ4n) is 2.28. The largest absolute Gasteiger partial charge is 0.317 e. The summed E-state index contributed by atoms with van der Waals surface area (Å²) in [7, 11) is 0. The van der Waals surface area contributed by atoms with Gasteiger partial charge >= 0.3 is 0 Å². The number of carbonyl (C=O) groups is 1. The van der Waals surface area contributed by atoms with E-state index < -0.39 is 0 Å². The number of aryl methyl sites for hydroxylation is 1. The second kappa shape index (κ2) is 6.92. The summed E-state index contributed by atoms with van der Waals surface area (Å²) in [5, 5.41) is 3.33. The molecule has 94 valence electrons. The van der Waals surface area contributed by atoms with Gasteiger partial charge in [-0.3, -0.25) is 4.79 Å². The Hall–Kier alpha value is -0.670. The number of piperidine rings is 1. The van der Waals surface area contributed by atoms with E-state index in [0.29, 0.717) is 18.1 Å². The van der Waals surface area contributed by atoms with Crippen LogP contribution in [0.1, 0.15) is 35.2 Å². The van der Waals surface area contributed by atoms with Crippen molar-refractivity contribution >= 4 is 22.8 Å². The van der Waals surface area contributed by atoms with Crippen LogP contribution in [0.2, 0.25) is 0 Å². The topological polar surface area (TPSA) is 29.1 Å². The first-order valence-electron chi connectivity index (χ1n) is 6.06. The number of rotatable bonds is 3. The fraction of sp³-hybridized carbons (Fsp3) is 0.500. The Labute approximate surface area is 114 Å². The van der Waals surface area contributed by atoms with E-state index in [-0.39, 0.29) is 17.0 Å². The molecule has 1 aliphatic rings. The van der Waals surface area contributed by atoms with Crippen LogP contribution < -0.4 is 5.32 Å². The molecular weight excluding hydrogens is 278 g/mol. The summed E-state index contributed by atoms with van der Waals surface area (Å²) in [5.74, 6) is 0.880. The highest BCUT2D eigenvalue weighted by Crippen LogP contribution is 2.19. The molecule has 1 aromatic rings. The zero-order valence-corrected chi connectivity index (χ0v) is 12.0. The SMILES string of the molecule is Br.Cc1cccc(C(=O)CC2CCNCC2)c1. The monoisotopic (exact) mass is 297 g/mol. The minimum atomic E-state index is 0. The van der Waals surface area contributed by atoms with Gasteiger partial charge in [-0.25, -0.2) is 0 Å². The predicted octanol–water partition coefficient (Wildman–Crippen LogP) is 3.15. The fourth-order valence-corrected chi connectivity index (χ4v) is 2.28. The van der Waals surface area contributed by atoms with E-state index in [1.807, 2.05) is 31.2 Å². The molecule has 0 spiro atoms. The molecule has 1 aliphatic heterocycles. The van der Waals surface area contributed by atoms with Crippen molar-refractivity contribution in [3.63, 3.8) is 0 Å². The van der Waals surface area contributed by atoms with Crippen LogP contribution in [0.25, 0.3) is 0 Å². The number of benzene rings is 1. The minimum absolute atomic E-state index is 0. The molecule has 0 saturated carbocycles. The van der Waals surface area contributed by atoms with Gasteiger partial charge in [-0.2, -0.15) is 0 Å². The average molecular weight is 298 g/mol. The van der Waals surface area contributed by atoms with E-state index in [4.69, 9.17) is 0 Å². The van der Waals surface area contributed by atoms with Crippen molar-refractivity contribution in [2.24, 2.45) is 5.92 Å². The molecule has 1 saturated heterocycles. The van der Waals surface area contributed by atoms with Crippen LogP contribution in [0.3, 0.4) is 0 Å². The first-order chi connectivity index (χ1) is 7.75. The molecule has 0 unspecified atom stereocenters. The van der Waals surface area contributed by atoms with Crippen LogP contribution in [0, 0.1) is 12.8 Å². The number of hydrogen-bond acceptors (Lipinski definition) is 2. The lowest BCUT2D eigenvalue weighted by Crippen LogP contribution is -2.28. The van der Waals surface area contributed by atoms with Gasteiger partial charge in [0.1, 0.15) is 0 Å². The first kappa shape index (κ1) is 14.4. The number of nitrogens with one attached hydrogen (secondary N) is 1. The smallest absolute Gasteiger partial charge is 0.163 e. The third-order valence-corrected chi connectivity index (χ3v) is 3.27. The molecule has 0 aromatic heterocycles. The highest BCUT2D eigenvalue weighted by atomic mass is 79.9. The normalized spacial score (nSPS) is 16.3. The van der Waals surface area contributed by atoms with Gasteiger partial charge in [-0.1, -0.05) is 23.8 Å². The summed E-state index contributed by atoms with van der Waals surface area (Å²) >= 11 is 0. The summed E-state index contributed by atoms with van der Waals surface area (Å²) < 4.78 is 0. The molecule has 0 aliphatic carbocycles. The summed E-state index contributed by atoms with van der Waals surface area (Å²) in [4.78, 5) is 12.0. The van der Waals surface area contributed by atoms with Gasteiger partial charge in [0.25, 0.3) is 0 Å². The maximum Gasteiger partial charge on any atom is 0.163 e. The molecule has 0 radical (unpaired) electrons.